The molecule has 1 fully saturated rings. The van der Waals surface area contributed by atoms with E-state index in [-0.39, 0.29) is 22.7 Å². The van der Waals surface area contributed by atoms with Crippen molar-refractivity contribution in [2.75, 3.05) is 5.32 Å². The fraction of sp³-hybridized carbons (Fsp3) is 0.435. The van der Waals surface area contributed by atoms with Gasteiger partial charge in [-0.1, -0.05) is 18.2 Å². The van der Waals surface area contributed by atoms with Gasteiger partial charge in [-0.25, -0.2) is 18.7 Å². The Morgan fingerprint density at radius 2 is 1.77 bits per heavy atom. The van der Waals surface area contributed by atoms with Crippen LogP contribution < -0.4 is 10.9 Å². The van der Waals surface area contributed by atoms with E-state index in [0.717, 1.165) is 23.8 Å². The molecule has 0 aliphatic heterocycles. The molecule has 5 nitrogen and oxygen atoms in total. The van der Waals surface area contributed by atoms with Crippen LogP contribution in [0.25, 0.3) is 10.9 Å². The zero-order chi connectivity index (χ0) is 21.8. The number of alkyl halides is 2. The van der Waals surface area contributed by atoms with Gasteiger partial charge < -0.3 is 9.88 Å². The topological polar surface area (TPSA) is 59.8 Å². The Hall–Kier alpha value is -2.83. The average Bonchev–Trinajstić information content (AvgIpc) is 3.43. The molecule has 3 aromatic rings. The Labute approximate surface area is 174 Å². The van der Waals surface area contributed by atoms with Gasteiger partial charge in [0.15, 0.2) is 0 Å². The number of rotatable bonds is 5. The minimum absolute atomic E-state index is 0.0277. The predicted octanol–water partition coefficient (Wildman–Crippen LogP) is 5.34. The molecule has 4 rings (SSSR count). The molecule has 0 unspecified atom stereocenters. The van der Waals surface area contributed by atoms with E-state index in [1.807, 2.05) is 19.2 Å². The van der Waals surface area contributed by atoms with Crippen molar-refractivity contribution in [3.05, 3.63) is 62.8 Å². The fourth-order valence-electron chi connectivity index (χ4n) is 4.05. The van der Waals surface area contributed by atoms with Crippen molar-refractivity contribution < 1.29 is 8.78 Å². The SMILES string of the molecule is Cc1nc(N[C@@H](C)c2cccc(C(F)F)c2C)c2cn(C3(C)CC3)c(=O)c(C)c2n1. The second-order valence-corrected chi connectivity index (χ2v) is 8.54. The third-order valence-electron chi connectivity index (χ3n) is 6.24. The summed E-state index contributed by atoms with van der Waals surface area (Å²) in [6.07, 6.45) is 1.25. The van der Waals surface area contributed by atoms with E-state index in [1.165, 1.54) is 6.07 Å². The van der Waals surface area contributed by atoms with Gasteiger partial charge in [-0.2, -0.15) is 0 Å². The molecule has 1 N–H and O–H groups in total. The molecule has 1 aromatic carbocycles. The van der Waals surface area contributed by atoms with E-state index >= 15 is 0 Å². The fourth-order valence-corrected chi connectivity index (χ4v) is 4.05. The van der Waals surface area contributed by atoms with Gasteiger partial charge in [0.05, 0.1) is 16.9 Å². The van der Waals surface area contributed by atoms with Crippen molar-refractivity contribution in [1.82, 2.24) is 14.5 Å². The molecular weight excluding hydrogens is 386 g/mol. The van der Waals surface area contributed by atoms with Gasteiger partial charge in [0.2, 0.25) is 0 Å². The summed E-state index contributed by atoms with van der Waals surface area (Å²) < 4.78 is 28.5. The van der Waals surface area contributed by atoms with E-state index in [9.17, 15) is 13.6 Å². The molecule has 0 radical (unpaired) electrons. The van der Waals surface area contributed by atoms with E-state index in [0.29, 0.717) is 28.3 Å². The van der Waals surface area contributed by atoms with Gasteiger partial charge in [-0.3, -0.25) is 4.79 Å². The molecule has 30 heavy (non-hydrogen) atoms. The Kier molecular flexibility index (Phi) is 4.87. The van der Waals surface area contributed by atoms with Crippen LogP contribution in [0.5, 0.6) is 0 Å². The number of benzene rings is 1. The number of hydrogen-bond acceptors (Lipinski definition) is 4. The standard InChI is InChI=1S/C23H26F2N4O/c1-12-16(7-6-8-17(12)20(24)25)14(3)26-21-18-11-29(23(5)9-10-23)22(30)13(2)19(18)27-15(4)28-21/h6-8,11,14,20H,9-10H2,1-5H3,(H,26,27,28)/t14-/m0/s1. The molecule has 1 saturated carbocycles. The van der Waals surface area contributed by atoms with Gasteiger partial charge in [0.1, 0.15) is 11.6 Å². The monoisotopic (exact) mass is 412 g/mol. The zero-order valence-corrected chi connectivity index (χ0v) is 17.9. The first kappa shape index (κ1) is 20.4. The lowest BCUT2D eigenvalue weighted by Gasteiger charge is -2.21. The first-order valence-corrected chi connectivity index (χ1v) is 10.2. The van der Waals surface area contributed by atoms with Crippen molar-refractivity contribution >= 4 is 16.7 Å². The summed E-state index contributed by atoms with van der Waals surface area (Å²) in [4.78, 5) is 22.0. The van der Waals surface area contributed by atoms with Crippen LogP contribution in [-0.4, -0.2) is 14.5 Å². The molecule has 7 heteroatoms. The Balaban J connectivity index is 1.82. The van der Waals surface area contributed by atoms with Crippen LogP contribution in [0.1, 0.15) is 67.2 Å². The summed E-state index contributed by atoms with van der Waals surface area (Å²) in [5, 5.41) is 4.15. The van der Waals surface area contributed by atoms with Crippen LogP contribution in [-0.2, 0) is 5.54 Å². The molecule has 0 amide bonds. The van der Waals surface area contributed by atoms with Crippen molar-refractivity contribution in [2.24, 2.45) is 0 Å². The van der Waals surface area contributed by atoms with Crippen LogP contribution in [0.3, 0.4) is 0 Å². The molecule has 0 bridgehead atoms. The van der Waals surface area contributed by atoms with Gasteiger partial charge in [-0.05, 0) is 58.6 Å². The predicted molar refractivity (Wildman–Crippen MR) is 114 cm³/mol. The number of fused-ring (bicyclic) bond motifs is 1. The number of aromatic nitrogens is 3. The molecule has 1 aliphatic carbocycles. The van der Waals surface area contributed by atoms with Gasteiger partial charge >= 0.3 is 0 Å². The largest absolute Gasteiger partial charge is 0.363 e. The zero-order valence-electron chi connectivity index (χ0n) is 17.9. The van der Waals surface area contributed by atoms with Gasteiger partial charge in [0.25, 0.3) is 12.0 Å². The molecule has 0 saturated heterocycles. The highest BCUT2D eigenvalue weighted by molar-refractivity contribution is 5.90. The Morgan fingerprint density at radius 1 is 1.10 bits per heavy atom. The number of anilines is 1. The van der Waals surface area contributed by atoms with Crippen LogP contribution in [0.15, 0.2) is 29.2 Å². The molecule has 2 aromatic heterocycles. The minimum atomic E-state index is -2.52. The van der Waals surface area contributed by atoms with Crippen LogP contribution in [0.2, 0.25) is 0 Å². The Bertz CT molecular complexity index is 1200. The van der Waals surface area contributed by atoms with Gasteiger partial charge in [-0.15, -0.1) is 0 Å². The number of pyridine rings is 1. The maximum Gasteiger partial charge on any atom is 0.264 e. The molecule has 1 aliphatic rings. The highest BCUT2D eigenvalue weighted by atomic mass is 19.3. The summed E-state index contributed by atoms with van der Waals surface area (Å²) in [5.74, 6) is 1.15. The molecule has 2 heterocycles. The lowest BCUT2D eigenvalue weighted by molar-refractivity contribution is 0.150. The number of nitrogens with zero attached hydrogens (tertiary/aromatic N) is 3. The second-order valence-electron chi connectivity index (χ2n) is 8.54. The summed E-state index contributed by atoms with van der Waals surface area (Å²) in [7, 11) is 0. The first-order chi connectivity index (χ1) is 14.1. The molecule has 0 spiro atoms. The average molecular weight is 412 g/mol. The quantitative estimate of drug-likeness (QED) is 0.615. The number of nitrogens with one attached hydrogen (secondary N) is 1. The van der Waals surface area contributed by atoms with E-state index in [4.69, 9.17) is 0 Å². The van der Waals surface area contributed by atoms with Crippen molar-refractivity contribution in [2.45, 2.75) is 65.5 Å². The third-order valence-corrected chi connectivity index (χ3v) is 6.24. The second kappa shape index (κ2) is 7.15. The van der Waals surface area contributed by atoms with Crippen LogP contribution >= 0.6 is 0 Å². The summed E-state index contributed by atoms with van der Waals surface area (Å²) >= 11 is 0. The third kappa shape index (κ3) is 3.36. The molecular formula is C23H26F2N4O. The summed E-state index contributed by atoms with van der Waals surface area (Å²) in [6, 6.07) is 4.71. The maximum absolute atomic E-state index is 13.3. The number of halogens is 2. The Morgan fingerprint density at radius 3 is 2.40 bits per heavy atom. The van der Waals surface area contributed by atoms with E-state index in [1.54, 1.807) is 31.4 Å². The first-order valence-electron chi connectivity index (χ1n) is 10.2. The minimum Gasteiger partial charge on any atom is -0.363 e. The molecule has 1 atom stereocenters. The normalized spacial score (nSPS) is 16.1. The van der Waals surface area contributed by atoms with Crippen LogP contribution in [0.4, 0.5) is 14.6 Å². The number of aryl methyl sites for hydroxylation is 2. The summed E-state index contributed by atoms with van der Waals surface area (Å²) in [6.45, 7) is 9.29. The smallest absolute Gasteiger partial charge is 0.264 e. The maximum atomic E-state index is 13.3. The lowest BCUT2D eigenvalue weighted by Crippen LogP contribution is -2.30. The van der Waals surface area contributed by atoms with E-state index < -0.39 is 6.43 Å². The van der Waals surface area contributed by atoms with Crippen molar-refractivity contribution in [3.63, 3.8) is 0 Å². The van der Waals surface area contributed by atoms with Crippen molar-refractivity contribution in [1.29, 1.82) is 0 Å². The lowest BCUT2D eigenvalue weighted by atomic mass is 9.97. The van der Waals surface area contributed by atoms with E-state index in [2.05, 4.69) is 22.2 Å². The van der Waals surface area contributed by atoms with Crippen molar-refractivity contribution in [3.8, 4) is 0 Å². The van der Waals surface area contributed by atoms with Gasteiger partial charge in [0, 0.05) is 22.9 Å². The highest BCUT2D eigenvalue weighted by Crippen LogP contribution is 2.42. The number of hydrogen-bond donors (Lipinski definition) is 1. The highest BCUT2D eigenvalue weighted by Gasteiger charge is 2.40. The molecule has 158 valence electrons. The summed E-state index contributed by atoms with van der Waals surface area (Å²) in [5.41, 5.74) is 2.43. The van der Waals surface area contributed by atoms with Crippen LogP contribution in [0, 0.1) is 20.8 Å².